The van der Waals surface area contributed by atoms with Gasteiger partial charge in [-0.05, 0) is 48.6 Å². The van der Waals surface area contributed by atoms with Crippen LogP contribution in [0.3, 0.4) is 0 Å². The highest BCUT2D eigenvalue weighted by molar-refractivity contribution is 6.07. The van der Waals surface area contributed by atoms with Gasteiger partial charge in [0.2, 0.25) is 5.75 Å². The van der Waals surface area contributed by atoms with Gasteiger partial charge in [-0.2, -0.15) is 0 Å². The molecule has 0 atom stereocenters. The minimum Gasteiger partial charge on any atom is -0.493 e. The number of ketones is 1. The van der Waals surface area contributed by atoms with Crippen molar-refractivity contribution in [2.24, 2.45) is 0 Å². The molecule has 0 saturated heterocycles. The van der Waals surface area contributed by atoms with Gasteiger partial charge in [-0.15, -0.1) is 0 Å². The fourth-order valence-electron chi connectivity index (χ4n) is 2.13. The van der Waals surface area contributed by atoms with E-state index >= 15 is 0 Å². The van der Waals surface area contributed by atoms with E-state index in [1.807, 2.05) is 0 Å². The Balaban J connectivity index is 2.32. The molecule has 0 aliphatic rings. The Kier molecular flexibility index (Phi) is 5.36. The molecule has 0 unspecified atom stereocenters. The number of halogens is 1. The molecular weight excluding hydrogens is 299 g/mol. The summed E-state index contributed by atoms with van der Waals surface area (Å²) < 4.78 is 28.7. The van der Waals surface area contributed by atoms with Gasteiger partial charge in [0.1, 0.15) is 5.82 Å². The van der Waals surface area contributed by atoms with Crippen molar-refractivity contribution in [2.45, 2.75) is 0 Å². The molecule has 5 heteroatoms. The zero-order chi connectivity index (χ0) is 16.8. The first-order chi connectivity index (χ1) is 11.1. The normalized spacial score (nSPS) is 10.6. The largest absolute Gasteiger partial charge is 0.493 e. The van der Waals surface area contributed by atoms with Crippen molar-refractivity contribution >= 4 is 11.9 Å². The van der Waals surface area contributed by atoms with Crippen molar-refractivity contribution in [1.29, 1.82) is 0 Å². The van der Waals surface area contributed by atoms with Gasteiger partial charge < -0.3 is 14.2 Å². The molecule has 4 nitrogen and oxygen atoms in total. The molecule has 0 fully saturated rings. The number of allylic oxidation sites excluding steroid dienone is 1. The molecule has 0 saturated carbocycles. The SMILES string of the molecule is COc1ccc(C=CC(=O)c2ccc(F)cc2)c(OC)c1OC. The van der Waals surface area contributed by atoms with Crippen molar-refractivity contribution in [3.63, 3.8) is 0 Å². The monoisotopic (exact) mass is 316 g/mol. The molecule has 0 aromatic heterocycles. The molecule has 2 rings (SSSR count). The maximum atomic E-state index is 12.9. The van der Waals surface area contributed by atoms with E-state index in [1.165, 1.54) is 51.7 Å². The van der Waals surface area contributed by atoms with Crippen LogP contribution in [0.2, 0.25) is 0 Å². The van der Waals surface area contributed by atoms with Gasteiger partial charge in [-0.25, -0.2) is 4.39 Å². The Morgan fingerprint density at radius 1 is 0.913 bits per heavy atom. The molecular formula is C18H17FO4. The first-order valence-corrected chi connectivity index (χ1v) is 6.87. The summed E-state index contributed by atoms with van der Waals surface area (Å²) >= 11 is 0. The molecule has 0 heterocycles. The molecule has 0 spiro atoms. The molecule has 120 valence electrons. The van der Waals surface area contributed by atoms with E-state index in [1.54, 1.807) is 18.2 Å². The molecule has 0 aliphatic heterocycles. The number of ether oxygens (including phenoxy) is 3. The van der Waals surface area contributed by atoms with Crippen LogP contribution in [0.4, 0.5) is 4.39 Å². The summed E-state index contributed by atoms with van der Waals surface area (Å²) in [6.45, 7) is 0. The van der Waals surface area contributed by atoms with Gasteiger partial charge in [0.15, 0.2) is 17.3 Å². The molecule has 2 aromatic rings. The average Bonchev–Trinajstić information content (AvgIpc) is 2.59. The molecule has 23 heavy (non-hydrogen) atoms. The van der Waals surface area contributed by atoms with E-state index in [4.69, 9.17) is 14.2 Å². The predicted molar refractivity (Wildman–Crippen MR) is 85.9 cm³/mol. The van der Waals surface area contributed by atoms with Crippen LogP contribution in [0.25, 0.3) is 6.08 Å². The third-order valence-corrected chi connectivity index (χ3v) is 3.28. The zero-order valence-electron chi connectivity index (χ0n) is 13.1. The summed E-state index contributed by atoms with van der Waals surface area (Å²) in [5, 5.41) is 0. The third kappa shape index (κ3) is 3.69. The van der Waals surface area contributed by atoms with Crippen LogP contribution in [0.5, 0.6) is 17.2 Å². The van der Waals surface area contributed by atoms with Gasteiger partial charge in [0.05, 0.1) is 21.3 Å². The lowest BCUT2D eigenvalue weighted by Gasteiger charge is -2.13. The molecule has 2 aromatic carbocycles. The van der Waals surface area contributed by atoms with Crippen LogP contribution in [0.15, 0.2) is 42.5 Å². The number of benzene rings is 2. The van der Waals surface area contributed by atoms with Crippen LogP contribution < -0.4 is 14.2 Å². The van der Waals surface area contributed by atoms with Crippen LogP contribution in [0.1, 0.15) is 15.9 Å². The highest BCUT2D eigenvalue weighted by Gasteiger charge is 2.14. The summed E-state index contributed by atoms with van der Waals surface area (Å²) in [5.41, 5.74) is 1.07. The quantitative estimate of drug-likeness (QED) is 0.601. The summed E-state index contributed by atoms with van der Waals surface area (Å²) in [4.78, 5) is 12.1. The number of rotatable bonds is 6. The van der Waals surface area contributed by atoms with Gasteiger partial charge in [0.25, 0.3) is 0 Å². The molecule has 0 bridgehead atoms. The van der Waals surface area contributed by atoms with E-state index in [0.717, 1.165) is 0 Å². The van der Waals surface area contributed by atoms with Gasteiger partial charge >= 0.3 is 0 Å². The molecule has 0 radical (unpaired) electrons. The second kappa shape index (κ2) is 7.45. The van der Waals surface area contributed by atoms with Crippen molar-refractivity contribution in [3.8, 4) is 17.2 Å². The number of hydrogen-bond donors (Lipinski definition) is 0. The summed E-state index contributed by atoms with van der Waals surface area (Å²) in [6, 6.07) is 8.86. The number of carbonyl (C=O) groups excluding carboxylic acids is 1. The highest BCUT2D eigenvalue weighted by Crippen LogP contribution is 2.40. The first-order valence-electron chi connectivity index (χ1n) is 6.87. The molecule has 0 aliphatic carbocycles. The van der Waals surface area contributed by atoms with Crippen LogP contribution in [-0.4, -0.2) is 27.1 Å². The van der Waals surface area contributed by atoms with Crippen molar-refractivity contribution in [1.82, 2.24) is 0 Å². The van der Waals surface area contributed by atoms with Crippen LogP contribution in [-0.2, 0) is 0 Å². The predicted octanol–water partition coefficient (Wildman–Crippen LogP) is 3.75. The number of hydrogen-bond acceptors (Lipinski definition) is 4. The fraction of sp³-hybridized carbons (Fsp3) is 0.167. The van der Waals surface area contributed by atoms with E-state index in [2.05, 4.69) is 0 Å². The third-order valence-electron chi connectivity index (χ3n) is 3.28. The van der Waals surface area contributed by atoms with E-state index < -0.39 is 0 Å². The smallest absolute Gasteiger partial charge is 0.203 e. The fourth-order valence-corrected chi connectivity index (χ4v) is 2.13. The Hall–Kier alpha value is -2.82. The Labute approximate surface area is 134 Å². The van der Waals surface area contributed by atoms with Crippen molar-refractivity contribution < 1.29 is 23.4 Å². The summed E-state index contributed by atoms with van der Waals surface area (Å²) in [7, 11) is 4.55. The number of carbonyl (C=O) groups is 1. The second-order valence-electron chi connectivity index (χ2n) is 4.63. The Bertz CT molecular complexity index is 721. The van der Waals surface area contributed by atoms with Gasteiger partial charge in [-0.1, -0.05) is 0 Å². The lowest BCUT2D eigenvalue weighted by molar-refractivity contribution is 0.104. The molecule has 0 amide bonds. The first kappa shape index (κ1) is 16.5. The minimum atomic E-state index is -0.382. The summed E-state index contributed by atoms with van der Waals surface area (Å²) in [5.74, 6) is 0.835. The lowest BCUT2D eigenvalue weighted by Crippen LogP contribution is -1.97. The van der Waals surface area contributed by atoms with E-state index in [9.17, 15) is 9.18 Å². The minimum absolute atomic E-state index is 0.234. The summed E-state index contributed by atoms with van der Waals surface area (Å²) in [6.07, 6.45) is 3.02. The van der Waals surface area contributed by atoms with Crippen LogP contribution in [0, 0.1) is 5.82 Å². The zero-order valence-corrected chi connectivity index (χ0v) is 13.1. The topological polar surface area (TPSA) is 44.8 Å². The standard InChI is InChI=1S/C18H17FO4/c1-21-16-11-7-13(17(22-2)18(16)23-3)6-10-15(20)12-4-8-14(19)9-5-12/h4-11H,1-3H3. The van der Waals surface area contributed by atoms with E-state index in [-0.39, 0.29) is 11.6 Å². The maximum Gasteiger partial charge on any atom is 0.203 e. The van der Waals surface area contributed by atoms with Crippen molar-refractivity contribution in [2.75, 3.05) is 21.3 Å². The second-order valence-corrected chi connectivity index (χ2v) is 4.63. The van der Waals surface area contributed by atoms with E-state index in [0.29, 0.717) is 28.4 Å². The van der Waals surface area contributed by atoms with Crippen LogP contribution >= 0.6 is 0 Å². The van der Waals surface area contributed by atoms with Gasteiger partial charge in [-0.3, -0.25) is 4.79 Å². The lowest BCUT2D eigenvalue weighted by atomic mass is 10.1. The average molecular weight is 316 g/mol. The Morgan fingerprint density at radius 3 is 2.13 bits per heavy atom. The molecule has 0 N–H and O–H groups in total. The number of methoxy groups -OCH3 is 3. The maximum absolute atomic E-state index is 12.9. The van der Waals surface area contributed by atoms with Gasteiger partial charge in [0, 0.05) is 11.1 Å². The highest BCUT2D eigenvalue weighted by atomic mass is 19.1. The van der Waals surface area contributed by atoms with Crippen molar-refractivity contribution in [3.05, 3.63) is 59.4 Å². The Morgan fingerprint density at radius 2 is 1.57 bits per heavy atom.